The van der Waals surface area contributed by atoms with Gasteiger partial charge < -0.3 is 14.2 Å². The van der Waals surface area contributed by atoms with Crippen molar-refractivity contribution in [2.45, 2.75) is 109 Å². The van der Waals surface area contributed by atoms with Crippen LogP contribution in [0.15, 0.2) is 0 Å². The summed E-state index contributed by atoms with van der Waals surface area (Å²) in [5.41, 5.74) is -0.331. The number of hydrogen-bond donors (Lipinski definition) is 0. The average molecular weight is 342 g/mol. The van der Waals surface area contributed by atoms with Crippen molar-refractivity contribution in [3.05, 3.63) is 0 Å². The molecule has 142 valence electrons. The van der Waals surface area contributed by atoms with Crippen LogP contribution in [0.25, 0.3) is 0 Å². The van der Waals surface area contributed by atoms with Gasteiger partial charge in [-0.1, -0.05) is 65.2 Å². The van der Waals surface area contributed by atoms with Gasteiger partial charge in [-0.25, -0.2) is 4.90 Å². The zero-order chi connectivity index (χ0) is 17.3. The summed E-state index contributed by atoms with van der Waals surface area (Å²) in [5, 5.41) is 0. The van der Waals surface area contributed by atoms with Crippen molar-refractivity contribution in [3.63, 3.8) is 0 Å². The first-order chi connectivity index (χ1) is 11.8. The number of ether oxygens (including phenoxy) is 3. The highest BCUT2D eigenvalue weighted by Gasteiger charge is 2.55. The van der Waals surface area contributed by atoms with Gasteiger partial charge in [0.2, 0.25) is 0 Å². The molecule has 0 aliphatic carbocycles. The summed E-state index contributed by atoms with van der Waals surface area (Å²) in [7, 11) is 1.80. The highest BCUT2D eigenvalue weighted by atomic mass is 16.6. The van der Waals surface area contributed by atoms with Gasteiger partial charge in [0.15, 0.2) is 5.72 Å². The lowest BCUT2D eigenvalue weighted by Gasteiger charge is -2.32. The minimum Gasteiger partial charge on any atom is -0.359 e. The smallest absolute Gasteiger partial charge is 0.172 e. The van der Waals surface area contributed by atoms with Crippen LogP contribution in [0.2, 0.25) is 0 Å². The molecular formula is C20H39NO3. The number of methoxy groups -OCH3 is 1. The van der Waals surface area contributed by atoms with Crippen molar-refractivity contribution in [2.24, 2.45) is 0 Å². The summed E-state index contributed by atoms with van der Waals surface area (Å²) in [6.07, 6.45) is 15.6. The van der Waals surface area contributed by atoms with Gasteiger partial charge in [0.1, 0.15) is 12.5 Å². The van der Waals surface area contributed by atoms with Crippen molar-refractivity contribution in [2.75, 3.05) is 20.3 Å². The van der Waals surface area contributed by atoms with E-state index in [1.807, 2.05) is 0 Å². The predicted molar refractivity (Wildman–Crippen MR) is 97.8 cm³/mol. The van der Waals surface area contributed by atoms with Crippen molar-refractivity contribution in [1.29, 1.82) is 0 Å². The van der Waals surface area contributed by atoms with E-state index in [4.69, 9.17) is 14.2 Å². The monoisotopic (exact) mass is 341 g/mol. The van der Waals surface area contributed by atoms with Gasteiger partial charge in [0.25, 0.3) is 0 Å². The van der Waals surface area contributed by atoms with Crippen LogP contribution in [0.5, 0.6) is 0 Å². The molecule has 0 radical (unpaired) electrons. The van der Waals surface area contributed by atoms with Gasteiger partial charge in [-0.15, -0.1) is 0 Å². The van der Waals surface area contributed by atoms with Crippen molar-refractivity contribution in [1.82, 2.24) is 4.90 Å². The summed E-state index contributed by atoms with van der Waals surface area (Å²) in [6.45, 7) is 5.82. The maximum Gasteiger partial charge on any atom is 0.172 e. The SMILES string of the molecule is CCCCCCCC1OCC2(OC)COC(CCCCCCC)N12. The Kier molecular flexibility index (Phi) is 9.02. The van der Waals surface area contributed by atoms with E-state index in [1.54, 1.807) is 7.11 Å². The molecule has 2 aliphatic rings. The second kappa shape index (κ2) is 10.7. The lowest BCUT2D eigenvalue weighted by molar-refractivity contribution is -0.101. The van der Waals surface area contributed by atoms with Crippen molar-refractivity contribution in [3.8, 4) is 0 Å². The molecular weight excluding hydrogens is 302 g/mol. The van der Waals surface area contributed by atoms with Crippen LogP contribution in [0.3, 0.4) is 0 Å². The molecule has 2 atom stereocenters. The maximum absolute atomic E-state index is 6.12. The van der Waals surface area contributed by atoms with E-state index in [0.717, 1.165) is 12.8 Å². The summed E-state index contributed by atoms with van der Waals surface area (Å²) in [6, 6.07) is 0. The molecule has 2 unspecified atom stereocenters. The third kappa shape index (κ3) is 5.17. The molecule has 0 aromatic rings. The second-order valence-corrected chi connectivity index (χ2v) is 7.49. The van der Waals surface area contributed by atoms with E-state index in [-0.39, 0.29) is 18.2 Å². The van der Waals surface area contributed by atoms with Gasteiger partial charge in [-0.2, -0.15) is 0 Å². The topological polar surface area (TPSA) is 30.9 Å². The van der Waals surface area contributed by atoms with Crippen LogP contribution in [0.1, 0.15) is 90.9 Å². The summed E-state index contributed by atoms with van der Waals surface area (Å²) < 4.78 is 18.1. The molecule has 2 fully saturated rings. The fraction of sp³-hybridized carbons (Fsp3) is 1.00. The molecule has 0 spiro atoms. The standard InChI is InChI=1S/C20H39NO3/c1-4-6-8-10-12-14-18-21-19(15-13-11-9-7-5-2)24-17-20(21,22-3)16-23-18/h18-19H,4-17H2,1-3H3. The molecule has 0 aromatic carbocycles. The lowest BCUT2D eigenvalue weighted by Crippen LogP contribution is -2.50. The molecule has 2 heterocycles. The largest absolute Gasteiger partial charge is 0.359 e. The third-order valence-electron chi connectivity index (χ3n) is 5.58. The average Bonchev–Trinajstić information content (AvgIpc) is 3.13. The first-order valence-electron chi connectivity index (χ1n) is 10.3. The molecule has 2 rings (SSSR count). The van der Waals surface area contributed by atoms with E-state index >= 15 is 0 Å². The molecule has 0 N–H and O–H groups in total. The number of nitrogens with zero attached hydrogens (tertiary/aromatic N) is 1. The summed E-state index contributed by atoms with van der Waals surface area (Å²) in [4.78, 5) is 2.41. The number of hydrogen-bond acceptors (Lipinski definition) is 4. The van der Waals surface area contributed by atoms with Gasteiger partial charge in [0, 0.05) is 7.11 Å². The Balaban J connectivity index is 1.79. The first kappa shape index (κ1) is 20.2. The Labute approximate surface area is 149 Å². The Bertz CT molecular complexity index is 311. The Morgan fingerprint density at radius 2 is 1.25 bits per heavy atom. The van der Waals surface area contributed by atoms with Crippen LogP contribution < -0.4 is 0 Å². The molecule has 0 bridgehead atoms. The van der Waals surface area contributed by atoms with Crippen LogP contribution in [0.4, 0.5) is 0 Å². The molecule has 0 saturated carbocycles. The quantitative estimate of drug-likeness (QED) is 0.438. The Morgan fingerprint density at radius 3 is 1.67 bits per heavy atom. The Hall–Kier alpha value is -0.160. The van der Waals surface area contributed by atoms with Gasteiger partial charge >= 0.3 is 0 Å². The Morgan fingerprint density at radius 1 is 0.792 bits per heavy atom. The number of unbranched alkanes of at least 4 members (excludes halogenated alkanes) is 8. The molecule has 24 heavy (non-hydrogen) atoms. The zero-order valence-corrected chi connectivity index (χ0v) is 16.2. The molecule has 4 heteroatoms. The first-order valence-corrected chi connectivity index (χ1v) is 10.3. The van der Waals surface area contributed by atoms with E-state index in [0.29, 0.717) is 13.2 Å². The van der Waals surface area contributed by atoms with E-state index in [2.05, 4.69) is 18.7 Å². The second-order valence-electron chi connectivity index (χ2n) is 7.49. The van der Waals surface area contributed by atoms with E-state index in [1.165, 1.54) is 64.2 Å². The fourth-order valence-electron chi connectivity index (χ4n) is 4.03. The van der Waals surface area contributed by atoms with Gasteiger partial charge in [-0.3, -0.25) is 0 Å². The molecule has 4 nitrogen and oxygen atoms in total. The van der Waals surface area contributed by atoms with Crippen molar-refractivity contribution >= 4 is 0 Å². The normalized spacial score (nSPS) is 30.1. The zero-order valence-electron chi connectivity index (χ0n) is 16.2. The molecule has 0 amide bonds. The van der Waals surface area contributed by atoms with Crippen LogP contribution in [-0.4, -0.2) is 43.4 Å². The maximum atomic E-state index is 6.12. The van der Waals surface area contributed by atoms with Gasteiger partial charge in [0.05, 0.1) is 13.2 Å². The molecule has 2 aliphatic heterocycles. The number of fused-ring (bicyclic) bond motifs is 1. The summed E-state index contributed by atoms with van der Waals surface area (Å²) in [5.74, 6) is 0. The molecule has 0 aromatic heterocycles. The number of rotatable bonds is 13. The predicted octanol–water partition coefficient (Wildman–Crippen LogP) is 5.06. The van der Waals surface area contributed by atoms with Crippen molar-refractivity contribution < 1.29 is 14.2 Å². The highest BCUT2D eigenvalue weighted by Crippen LogP contribution is 2.40. The van der Waals surface area contributed by atoms with Crippen LogP contribution in [0, 0.1) is 0 Å². The van der Waals surface area contributed by atoms with Crippen LogP contribution in [-0.2, 0) is 14.2 Å². The minimum absolute atomic E-state index is 0.176. The van der Waals surface area contributed by atoms with E-state index < -0.39 is 0 Å². The van der Waals surface area contributed by atoms with Gasteiger partial charge in [-0.05, 0) is 25.7 Å². The highest BCUT2D eigenvalue weighted by molar-refractivity contribution is 4.95. The van der Waals surface area contributed by atoms with E-state index in [9.17, 15) is 0 Å². The molecule has 2 saturated heterocycles. The minimum atomic E-state index is -0.331. The fourth-order valence-corrected chi connectivity index (χ4v) is 4.03. The lowest BCUT2D eigenvalue weighted by atomic mass is 10.1. The third-order valence-corrected chi connectivity index (χ3v) is 5.58. The summed E-state index contributed by atoms with van der Waals surface area (Å²) >= 11 is 0. The van der Waals surface area contributed by atoms with Crippen LogP contribution >= 0.6 is 0 Å².